The summed E-state index contributed by atoms with van der Waals surface area (Å²) in [6, 6.07) is 5.14. The normalized spacial score (nSPS) is 14.0. The van der Waals surface area contributed by atoms with Crippen molar-refractivity contribution in [1.29, 1.82) is 0 Å². The molecule has 1 aliphatic rings. The van der Waals surface area contributed by atoms with Crippen LogP contribution in [0.5, 0.6) is 0 Å². The third-order valence-electron chi connectivity index (χ3n) is 3.28. The number of anilines is 1. The molecule has 1 amide bonds. The van der Waals surface area contributed by atoms with E-state index in [0.717, 1.165) is 11.3 Å². The van der Waals surface area contributed by atoms with Gasteiger partial charge in [-0.05, 0) is 30.2 Å². The lowest BCUT2D eigenvalue weighted by atomic mass is 9.97. The van der Waals surface area contributed by atoms with Gasteiger partial charge in [0.25, 0.3) is 0 Å². The molecule has 1 heterocycles. The van der Waals surface area contributed by atoms with Gasteiger partial charge < -0.3 is 9.64 Å². The number of Topliss-reactive ketones (excluding diaryl/α,β-unsaturated/α-hetero) is 1. The Bertz CT molecular complexity index is 550. The topological polar surface area (TPSA) is 63.7 Å². The van der Waals surface area contributed by atoms with E-state index in [1.54, 1.807) is 30.1 Å². The van der Waals surface area contributed by atoms with Gasteiger partial charge in [0.15, 0.2) is 5.78 Å². The quantitative estimate of drug-likeness (QED) is 0.468. The first-order valence-corrected chi connectivity index (χ1v) is 6.02. The maximum atomic E-state index is 11.9. The van der Waals surface area contributed by atoms with Crippen LogP contribution in [0.25, 0.3) is 0 Å². The zero-order valence-corrected chi connectivity index (χ0v) is 10.9. The lowest BCUT2D eigenvalue weighted by Gasteiger charge is -2.25. The molecule has 19 heavy (non-hydrogen) atoms. The maximum absolute atomic E-state index is 11.9. The molecule has 0 saturated heterocycles. The molecule has 0 bridgehead atoms. The van der Waals surface area contributed by atoms with Crippen molar-refractivity contribution in [3.63, 3.8) is 0 Å². The van der Waals surface area contributed by atoms with Crippen LogP contribution >= 0.6 is 0 Å². The van der Waals surface area contributed by atoms with E-state index in [2.05, 4.69) is 4.74 Å². The number of nitrogens with zero attached hydrogens (tertiary/aromatic N) is 1. The Balaban J connectivity index is 2.24. The number of fused-ring (bicyclic) bond motifs is 1. The summed E-state index contributed by atoms with van der Waals surface area (Å²) < 4.78 is 4.47. The number of methoxy groups -OCH3 is 1. The van der Waals surface area contributed by atoms with Crippen LogP contribution in [0.1, 0.15) is 28.8 Å². The molecule has 2 rings (SSSR count). The average molecular weight is 261 g/mol. The fraction of sp³-hybridized carbons (Fsp3) is 0.357. The second-order valence-electron chi connectivity index (χ2n) is 4.47. The lowest BCUT2D eigenvalue weighted by molar-refractivity contribution is -0.139. The number of amides is 1. The lowest BCUT2D eigenvalue weighted by Crippen LogP contribution is -2.31. The number of carbonyl (C=O) groups is 3. The number of esters is 1. The van der Waals surface area contributed by atoms with Gasteiger partial charge in [0.05, 0.1) is 7.11 Å². The fourth-order valence-electron chi connectivity index (χ4n) is 2.14. The molecule has 5 nitrogen and oxygen atoms in total. The SMILES string of the molecule is COC(=O)CC(=O)c1ccc2c(c1)CCC(=O)N2C. The molecule has 0 saturated carbocycles. The molecule has 0 unspecified atom stereocenters. The van der Waals surface area contributed by atoms with Gasteiger partial charge in [0, 0.05) is 24.7 Å². The summed E-state index contributed by atoms with van der Waals surface area (Å²) in [5, 5.41) is 0. The summed E-state index contributed by atoms with van der Waals surface area (Å²) >= 11 is 0. The van der Waals surface area contributed by atoms with Gasteiger partial charge in [0.2, 0.25) is 5.91 Å². The third kappa shape index (κ3) is 2.65. The van der Waals surface area contributed by atoms with Crippen LogP contribution in [-0.4, -0.2) is 31.8 Å². The molecule has 0 aromatic heterocycles. The van der Waals surface area contributed by atoms with E-state index < -0.39 is 5.97 Å². The molecule has 0 aliphatic carbocycles. The van der Waals surface area contributed by atoms with Crippen molar-refractivity contribution >= 4 is 23.3 Å². The first kappa shape index (κ1) is 13.3. The molecule has 5 heteroatoms. The fourth-order valence-corrected chi connectivity index (χ4v) is 2.14. The molecule has 0 radical (unpaired) electrons. The highest BCUT2D eigenvalue weighted by Crippen LogP contribution is 2.27. The summed E-state index contributed by atoms with van der Waals surface area (Å²) in [7, 11) is 2.97. The predicted molar refractivity (Wildman–Crippen MR) is 69.1 cm³/mol. The monoisotopic (exact) mass is 261 g/mol. The Morgan fingerprint density at radius 3 is 2.74 bits per heavy atom. The third-order valence-corrected chi connectivity index (χ3v) is 3.28. The highest BCUT2D eigenvalue weighted by molar-refractivity contribution is 6.06. The Hall–Kier alpha value is -2.17. The van der Waals surface area contributed by atoms with Gasteiger partial charge in [0.1, 0.15) is 6.42 Å². The van der Waals surface area contributed by atoms with Crippen LogP contribution in [-0.2, 0) is 20.7 Å². The van der Waals surface area contributed by atoms with Crippen LogP contribution < -0.4 is 4.90 Å². The minimum atomic E-state index is -0.546. The summed E-state index contributed by atoms with van der Waals surface area (Å²) in [5.74, 6) is -0.745. The number of carbonyl (C=O) groups excluding carboxylic acids is 3. The molecule has 0 N–H and O–H groups in total. The Morgan fingerprint density at radius 2 is 2.05 bits per heavy atom. The van der Waals surface area contributed by atoms with Crippen molar-refractivity contribution in [3.8, 4) is 0 Å². The number of ketones is 1. The van der Waals surface area contributed by atoms with Crippen LogP contribution in [0.4, 0.5) is 5.69 Å². The standard InChI is InChI=1S/C14H15NO4/c1-15-11-5-3-10(12(16)8-14(18)19-2)7-9(11)4-6-13(15)17/h3,5,7H,4,6,8H2,1-2H3. The van der Waals surface area contributed by atoms with E-state index in [-0.39, 0.29) is 18.1 Å². The van der Waals surface area contributed by atoms with Gasteiger partial charge in [-0.1, -0.05) is 0 Å². The van der Waals surface area contributed by atoms with E-state index in [0.29, 0.717) is 18.4 Å². The number of benzene rings is 1. The number of ether oxygens (including phenoxy) is 1. The highest BCUT2D eigenvalue weighted by atomic mass is 16.5. The second-order valence-corrected chi connectivity index (χ2v) is 4.47. The Kier molecular flexibility index (Phi) is 3.64. The van der Waals surface area contributed by atoms with E-state index in [4.69, 9.17) is 0 Å². The van der Waals surface area contributed by atoms with Crippen molar-refractivity contribution in [2.24, 2.45) is 0 Å². The molecule has 0 fully saturated rings. The number of rotatable bonds is 3. The van der Waals surface area contributed by atoms with Crippen LogP contribution in [0.2, 0.25) is 0 Å². The predicted octanol–water partition coefficient (Wildman–Crippen LogP) is 1.34. The number of hydrogen-bond donors (Lipinski definition) is 0. The number of hydrogen-bond acceptors (Lipinski definition) is 4. The van der Waals surface area contributed by atoms with Gasteiger partial charge in [-0.2, -0.15) is 0 Å². The summed E-state index contributed by atoms with van der Waals surface area (Å²) in [6.45, 7) is 0. The summed E-state index contributed by atoms with van der Waals surface area (Å²) in [6.07, 6.45) is 0.806. The van der Waals surface area contributed by atoms with Crippen LogP contribution in [0.15, 0.2) is 18.2 Å². The molecule has 100 valence electrons. The van der Waals surface area contributed by atoms with Gasteiger partial charge in [-0.25, -0.2) is 0 Å². The number of aryl methyl sites for hydroxylation is 1. The highest BCUT2D eigenvalue weighted by Gasteiger charge is 2.22. The molecule has 0 spiro atoms. The van der Waals surface area contributed by atoms with Crippen LogP contribution in [0, 0.1) is 0 Å². The molecular weight excluding hydrogens is 246 g/mol. The molecular formula is C14H15NO4. The molecule has 0 atom stereocenters. The average Bonchev–Trinajstić information content (AvgIpc) is 2.42. The van der Waals surface area contributed by atoms with Gasteiger partial charge in [-0.3, -0.25) is 14.4 Å². The minimum absolute atomic E-state index is 0.0705. The zero-order valence-electron chi connectivity index (χ0n) is 10.9. The molecule has 1 aliphatic heterocycles. The first-order valence-electron chi connectivity index (χ1n) is 6.02. The van der Waals surface area contributed by atoms with E-state index >= 15 is 0 Å². The largest absolute Gasteiger partial charge is 0.469 e. The van der Waals surface area contributed by atoms with Crippen molar-refractivity contribution in [1.82, 2.24) is 0 Å². The summed E-state index contributed by atoms with van der Waals surface area (Å²) in [4.78, 5) is 36.1. The van der Waals surface area contributed by atoms with Crippen molar-refractivity contribution in [2.45, 2.75) is 19.3 Å². The summed E-state index contributed by atoms with van der Waals surface area (Å²) in [5.41, 5.74) is 2.26. The Morgan fingerprint density at radius 1 is 1.32 bits per heavy atom. The van der Waals surface area contributed by atoms with E-state index in [1.807, 2.05) is 0 Å². The van der Waals surface area contributed by atoms with Gasteiger partial charge in [-0.15, -0.1) is 0 Å². The van der Waals surface area contributed by atoms with Crippen molar-refractivity contribution in [2.75, 3.05) is 19.1 Å². The Labute approximate surface area is 111 Å². The second kappa shape index (κ2) is 5.22. The first-order chi connectivity index (χ1) is 9.02. The van der Waals surface area contributed by atoms with Crippen molar-refractivity contribution in [3.05, 3.63) is 29.3 Å². The zero-order chi connectivity index (χ0) is 14.0. The minimum Gasteiger partial charge on any atom is -0.469 e. The van der Waals surface area contributed by atoms with Crippen molar-refractivity contribution < 1.29 is 19.1 Å². The van der Waals surface area contributed by atoms with E-state index in [1.165, 1.54) is 7.11 Å². The van der Waals surface area contributed by atoms with Crippen LogP contribution in [0.3, 0.4) is 0 Å². The molecule has 1 aromatic rings. The molecule has 1 aromatic carbocycles. The van der Waals surface area contributed by atoms with E-state index in [9.17, 15) is 14.4 Å². The van der Waals surface area contributed by atoms with Gasteiger partial charge >= 0.3 is 5.97 Å². The maximum Gasteiger partial charge on any atom is 0.313 e. The smallest absolute Gasteiger partial charge is 0.313 e.